The summed E-state index contributed by atoms with van der Waals surface area (Å²) in [5.74, 6) is 1.45. The number of fused-ring (bicyclic) bond motifs is 1. The minimum Gasteiger partial charge on any atom is -0.385 e. The molecule has 0 saturated heterocycles. The summed E-state index contributed by atoms with van der Waals surface area (Å²) in [5.41, 5.74) is 9.87. The van der Waals surface area contributed by atoms with Crippen molar-refractivity contribution in [3.63, 3.8) is 0 Å². The van der Waals surface area contributed by atoms with E-state index in [0.717, 1.165) is 25.4 Å². The summed E-state index contributed by atoms with van der Waals surface area (Å²) in [6.07, 6.45) is 4.87. The minimum atomic E-state index is 0.717. The second kappa shape index (κ2) is 6.24. The lowest BCUT2D eigenvalue weighted by Crippen LogP contribution is -2.04. The molecule has 0 heterocycles. The lowest BCUT2D eigenvalue weighted by atomic mass is 10.0. The number of benzene rings is 1. The summed E-state index contributed by atoms with van der Waals surface area (Å²) in [6.45, 7) is 6.55. The van der Waals surface area contributed by atoms with Crippen LogP contribution in [0.2, 0.25) is 0 Å². The molecule has 18 heavy (non-hydrogen) atoms. The highest BCUT2D eigenvalue weighted by Gasteiger charge is 2.24. The van der Waals surface area contributed by atoms with Crippen LogP contribution in [-0.2, 0) is 0 Å². The van der Waals surface area contributed by atoms with Crippen LogP contribution < -0.4 is 11.1 Å². The van der Waals surface area contributed by atoms with Gasteiger partial charge in [0, 0.05) is 12.2 Å². The second-order valence-electron chi connectivity index (χ2n) is 5.66. The van der Waals surface area contributed by atoms with Crippen LogP contribution >= 0.6 is 0 Å². The van der Waals surface area contributed by atoms with E-state index in [0.29, 0.717) is 5.92 Å². The molecule has 2 unspecified atom stereocenters. The van der Waals surface area contributed by atoms with Crippen LogP contribution in [0.4, 0.5) is 5.69 Å². The summed E-state index contributed by atoms with van der Waals surface area (Å²) in [7, 11) is 0. The Kier molecular flexibility index (Phi) is 4.65. The van der Waals surface area contributed by atoms with Crippen LogP contribution in [-0.4, -0.2) is 13.1 Å². The summed E-state index contributed by atoms with van der Waals surface area (Å²) >= 11 is 0. The first-order valence-corrected chi connectivity index (χ1v) is 7.30. The monoisotopic (exact) mass is 246 g/mol. The fourth-order valence-electron chi connectivity index (χ4n) is 3.02. The highest BCUT2D eigenvalue weighted by Crippen LogP contribution is 2.42. The number of hydrogen-bond acceptors (Lipinski definition) is 2. The van der Waals surface area contributed by atoms with Crippen molar-refractivity contribution in [2.45, 2.75) is 51.4 Å². The lowest BCUT2D eigenvalue weighted by molar-refractivity contribution is 0.661. The molecule has 1 aliphatic carbocycles. The third-order valence-electron chi connectivity index (χ3n) is 4.07. The molecule has 2 rings (SSSR count). The maximum absolute atomic E-state index is 5.49. The Hall–Kier alpha value is -1.02. The molecule has 0 fully saturated rings. The van der Waals surface area contributed by atoms with Gasteiger partial charge in [0.05, 0.1) is 0 Å². The predicted octanol–water partition coefficient (Wildman–Crippen LogP) is 3.84. The number of nitrogens with two attached hydrogens (primary N) is 1. The first kappa shape index (κ1) is 13.4. The van der Waals surface area contributed by atoms with E-state index in [2.05, 4.69) is 37.4 Å². The fraction of sp³-hybridized carbons (Fsp3) is 0.625. The molecule has 2 nitrogen and oxygen atoms in total. The molecular weight excluding hydrogens is 220 g/mol. The first-order chi connectivity index (χ1) is 8.72. The van der Waals surface area contributed by atoms with Gasteiger partial charge in [-0.25, -0.2) is 0 Å². The Morgan fingerprint density at radius 3 is 2.67 bits per heavy atom. The Morgan fingerprint density at radius 1 is 1.11 bits per heavy atom. The quantitative estimate of drug-likeness (QED) is 0.748. The zero-order chi connectivity index (χ0) is 13.0. The highest BCUT2D eigenvalue weighted by atomic mass is 14.9. The van der Waals surface area contributed by atoms with Crippen LogP contribution in [0.5, 0.6) is 0 Å². The molecule has 0 bridgehead atoms. The van der Waals surface area contributed by atoms with E-state index in [4.69, 9.17) is 5.73 Å². The van der Waals surface area contributed by atoms with E-state index in [1.807, 2.05) is 0 Å². The van der Waals surface area contributed by atoms with Crippen molar-refractivity contribution in [2.24, 2.45) is 5.73 Å². The predicted molar refractivity (Wildman–Crippen MR) is 79.3 cm³/mol. The van der Waals surface area contributed by atoms with Gasteiger partial charge >= 0.3 is 0 Å². The Bertz CT molecular complexity index is 387. The summed E-state index contributed by atoms with van der Waals surface area (Å²) in [4.78, 5) is 0. The smallest absolute Gasteiger partial charge is 0.0343 e. The van der Waals surface area contributed by atoms with Crippen LogP contribution in [0.25, 0.3) is 0 Å². The van der Waals surface area contributed by atoms with Crippen LogP contribution in [0, 0.1) is 0 Å². The second-order valence-corrected chi connectivity index (χ2v) is 5.66. The molecule has 0 saturated carbocycles. The van der Waals surface area contributed by atoms with E-state index in [1.165, 1.54) is 24.9 Å². The van der Waals surface area contributed by atoms with Crippen molar-refractivity contribution in [2.75, 3.05) is 18.4 Å². The lowest BCUT2D eigenvalue weighted by Gasteiger charge is -2.10. The molecule has 100 valence electrons. The molecule has 0 aliphatic heterocycles. The molecule has 0 radical (unpaired) electrons. The van der Waals surface area contributed by atoms with Gasteiger partial charge in [0.1, 0.15) is 0 Å². The third kappa shape index (κ3) is 3.05. The number of anilines is 1. The van der Waals surface area contributed by atoms with E-state index < -0.39 is 0 Å². The zero-order valence-corrected chi connectivity index (χ0v) is 11.7. The van der Waals surface area contributed by atoms with E-state index in [9.17, 15) is 0 Å². The Labute approximate surface area is 111 Å². The van der Waals surface area contributed by atoms with Gasteiger partial charge in [-0.2, -0.15) is 0 Å². The molecule has 1 aromatic carbocycles. The molecule has 0 amide bonds. The SMILES string of the molecule is CC1CC(C)c2cc(NCCCCCN)ccc21. The molecule has 1 aromatic rings. The maximum atomic E-state index is 5.49. The Balaban J connectivity index is 1.89. The largest absolute Gasteiger partial charge is 0.385 e. The van der Waals surface area contributed by atoms with Gasteiger partial charge in [-0.3, -0.25) is 0 Å². The molecule has 0 aromatic heterocycles. The van der Waals surface area contributed by atoms with Gasteiger partial charge in [0.2, 0.25) is 0 Å². The Morgan fingerprint density at radius 2 is 1.89 bits per heavy atom. The topological polar surface area (TPSA) is 38.0 Å². The van der Waals surface area contributed by atoms with Gasteiger partial charge < -0.3 is 11.1 Å². The van der Waals surface area contributed by atoms with Crippen molar-refractivity contribution < 1.29 is 0 Å². The van der Waals surface area contributed by atoms with E-state index >= 15 is 0 Å². The zero-order valence-electron chi connectivity index (χ0n) is 11.7. The molecule has 2 atom stereocenters. The molecule has 1 aliphatic rings. The van der Waals surface area contributed by atoms with Gasteiger partial charge in [-0.1, -0.05) is 26.3 Å². The summed E-state index contributed by atoms with van der Waals surface area (Å²) in [6, 6.07) is 6.90. The summed E-state index contributed by atoms with van der Waals surface area (Å²) < 4.78 is 0. The van der Waals surface area contributed by atoms with Gasteiger partial charge in [0.15, 0.2) is 0 Å². The van der Waals surface area contributed by atoms with Crippen LogP contribution in [0.3, 0.4) is 0 Å². The molecular formula is C16H26N2. The average molecular weight is 246 g/mol. The van der Waals surface area contributed by atoms with Gasteiger partial charge in [-0.15, -0.1) is 0 Å². The number of rotatable bonds is 6. The number of unbranched alkanes of at least 4 members (excludes halogenated alkanes) is 2. The third-order valence-corrected chi connectivity index (χ3v) is 4.07. The summed E-state index contributed by atoms with van der Waals surface area (Å²) in [5, 5.41) is 3.53. The fourth-order valence-corrected chi connectivity index (χ4v) is 3.02. The van der Waals surface area contributed by atoms with Crippen LogP contribution in [0.15, 0.2) is 18.2 Å². The van der Waals surface area contributed by atoms with Crippen molar-refractivity contribution in [1.29, 1.82) is 0 Å². The molecule has 3 N–H and O–H groups in total. The first-order valence-electron chi connectivity index (χ1n) is 7.30. The van der Waals surface area contributed by atoms with Crippen molar-refractivity contribution in [3.05, 3.63) is 29.3 Å². The van der Waals surface area contributed by atoms with E-state index in [1.54, 1.807) is 11.1 Å². The van der Waals surface area contributed by atoms with Gasteiger partial charge in [0.25, 0.3) is 0 Å². The van der Waals surface area contributed by atoms with Crippen LogP contribution in [0.1, 0.15) is 62.5 Å². The number of nitrogens with one attached hydrogen (secondary N) is 1. The van der Waals surface area contributed by atoms with Gasteiger partial charge in [-0.05, 0) is 60.9 Å². The van der Waals surface area contributed by atoms with E-state index in [-0.39, 0.29) is 0 Å². The maximum Gasteiger partial charge on any atom is 0.0343 e. The average Bonchev–Trinajstić information content (AvgIpc) is 2.65. The minimum absolute atomic E-state index is 0.717. The van der Waals surface area contributed by atoms with Crippen molar-refractivity contribution in [3.8, 4) is 0 Å². The standard InChI is InChI=1S/C16H26N2/c1-12-10-13(2)16-11-14(6-7-15(12)16)18-9-5-3-4-8-17/h6-7,11-13,18H,3-5,8-10,17H2,1-2H3. The van der Waals surface area contributed by atoms with Crippen molar-refractivity contribution in [1.82, 2.24) is 0 Å². The molecule has 2 heteroatoms. The van der Waals surface area contributed by atoms with Crippen molar-refractivity contribution >= 4 is 5.69 Å². The highest BCUT2D eigenvalue weighted by molar-refractivity contribution is 5.52. The molecule has 0 spiro atoms. The normalized spacial score (nSPS) is 21.9. The number of hydrogen-bond donors (Lipinski definition) is 2.